The van der Waals surface area contributed by atoms with Crippen molar-refractivity contribution < 1.29 is 14.6 Å². The van der Waals surface area contributed by atoms with E-state index < -0.39 is 6.10 Å². The Morgan fingerprint density at radius 3 is 2.45 bits per heavy atom. The van der Waals surface area contributed by atoms with Gasteiger partial charge in [0.25, 0.3) is 0 Å². The highest BCUT2D eigenvalue weighted by molar-refractivity contribution is 5.60. The highest BCUT2D eigenvalue weighted by atomic mass is 16.5. The number of aryl methyl sites for hydroxylation is 1. The summed E-state index contributed by atoms with van der Waals surface area (Å²) < 4.78 is 11.5. The zero-order valence-corrected chi connectivity index (χ0v) is 16.7. The molecule has 29 heavy (non-hydrogen) atoms. The molecule has 0 saturated carbocycles. The molecule has 3 N–H and O–H groups in total. The van der Waals surface area contributed by atoms with Crippen LogP contribution in [0.4, 0.5) is 11.4 Å². The van der Waals surface area contributed by atoms with Gasteiger partial charge in [0.1, 0.15) is 30.8 Å². The van der Waals surface area contributed by atoms with Gasteiger partial charge in [-0.15, -0.1) is 0 Å². The van der Waals surface area contributed by atoms with Crippen LogP contribution in [0, 0.1) is 6.92 Å². The lowest BCUT2D eigenvalue weighted by Gasteiger charge is -2.15. The average molecular weight is 392 g/mol. The summed E-state index contributed by atoms with van der Waals surface area (Å²) in [6.45, 7) is 3.89. The molecule has 3 aromatic rings. The van der Waals surface area contributed by atoms with E-state index in [1.807, 2.05) is 85.8 Å². The predicted octanol–water partition coefficient (Wildman–Crippen LogP) is 4.15. The first-order valence-electron chi connectivity index (χ1n) is 9.83. The second kappa shape index (κ2) is 11.1. The standard InChI is InChI=1S/C24H28N2O3/c1-19-8-5-6-13-24(19)28-15-14-25-17-22(27)18-29-23-12-7-11-21(16-23)26-20-9-3-2-4-10-20/h2-13,16,22,25-27H,14-15,17-18H2,1H3. The molecular weight excluding hydrogens is 364 g/mol. The highest BCUT2D eigenvalue weighted by Crippen LogP contribution is 2.21. The van der Waals surface area contributed by atoms with Gasteiger partial charge in [-0.2, -0.15) is 0 Å². The second-order valence-electron chi connectivity index (χ2n) is 6.80. The average Bonchev–Trinajstić information content (AvgIpc) is 2.74. The van der Waals surface area contributed by atoms with E-state index in [0.29, 0.717) is 25.4 Å². The Bertz CT molecular complexity index is 871. The van der Waals surface area contributed by atoms with E-state index in [1.54, 1.807) is 0 Å². The van der Waals surface area contributed by atoms with E-state index in [-0.39, 0.29) is 6.61 Å². The largest absolute Gasteiger partial charge is 0.492 e. The normalized spacial score (nSPS) is 11.7. The van der Waals surface area contributed by atoms with Crippen LogP contribution in [-0.2, 0) is 0 Å². The van der Waals surface area contributed by atoms with Crippen LogP contribution < -0.4 is 20.1 Å². The maximum atomic E-state index is 10.1. The molecule has 0 spiro atoms. The minimum absolute atomic E-state index is 0.223. The lowest BCUT2D eigenvalue weighted by molar-refractivity contribution is 0.105. The molecule has 0 bridgehead atoms. The molecule has 152 valence electrons. The molecular formula is C24H28N2O3. The number of hydrogen-bond donors (Lipinski definition) is 3. The lowest BCUT2D eigenvalue weighted by atomic mass is 10.2. The predicted molar refractivity (Wildman–Crippen MR) is 117 cm³/mol. The van der Waals surface area contributed by atoms with E-state index in [1.165, 1.54) is 0 Å². The number of para-hydroxylation sites is 2. The number of aliphatic hydroxyl groups is 1. The van der Waals surface area contributed by atoms with Gasteiger partial charge >= 0.3 is 0 Å². The van der Waals surface area contributed by atoms with Crippen molar-refractivity contribution in [1.29, 1.82) is 0 Å². The van der Waals surface area contributed by atoms with Crippen molar-refractivity contribution in [3.05, 3.63) is 84.4 Å². The lowest BCUT2D eigenvalue weighted by Crippen LogP contribution is -2.33. The fraction of sp³-hybridized carbons (Fsp3) is 0.250. The molecule has 5 heteroatoms. The molecule has 1 unspecified atom stereocenters. The Labute approximate surface area is 172 Å². The minimum Gasteiger partial charge on any atom is -0.492 e. The van der Waals surface area contributed by atoms with Gasteiger partial charge < -0.3 is 25.2 Å². The Hall–Kier alpha value is -3.02. The fourth-order valence-electron chi connectivity index (χ4n) is 2.82. The first-order chi connectivity index (χ1) is 14.2. The maximum Gasteiger partial charge on any atom is 0.122 e. The zero-order valence-electron chi connectivity index (χ0n) is 16.7. The molecule has 0 aliphatic heterocycles. The number of anilines is 2. The molecule has 0 fully saturated rings. The summed E-state index contributed by atoms with van der Waals surface area (Å²) in [5, 5.41) is 16.6. The summed E-state index contributed by atoms with van der Waals surface area (Å²) in [5.74, 6) is 1.61. The first-order valence-corrected chi connectivity index (χ1v) is 9.83. The van der Waals surface area contributed by atoms with Gasteiger partial charge in [-0.3, -0.25) is 0 Å². The van der Waals surface area contributed by atoms with Crippen molar-refractivity contribution >= 4 is 11.4 Å². The molecule has 0 saturated heterocycles. The number of nitrogens with one attached hydrogen (secondary N) is 2. The van der Waals surface area contributed by atoms with Gasteiger partial charge in [0.05, 0.1) is 0 Å². The van der Waals surface area contributed by atoms with E-state index in [0.717, 1.165) is 22.7 Å². The fourth-order valence-corrected chi connectivity index (χ4v) is 2.82. The molecule has 0 aliphatic rings. The molecule has 0 aromatic heterocycles. The third-order valence-corrected chi connectivity index (χ3v) is 4.35. The summed E-state index contributed by atoms with van der Waals surface area (Å²) >= 11 is 0. The number of hydrogen-bond acceptors (Lipinski definition) is 5. The summed E-state index contributed by atoms with van der Waals surface area (Å²) in [7, 11) is 0. The number of benzene rings is 3. The van der Waals surface area contributed by atoms with Gasteiger partial charge in [0, 0.05) is 30.5 Å². The first kappa shape index (κ1) is 20.7. The van der Waals surface area contributed by atoms with E-state index >= 15 is 0 Å². The van der Waals surface area contributed by atoms with E-state index in [9.17, 15) is 5.11 Å². The zero-order chi connectivity index (χ0) is 20.3. The van der Waals surface area contributed by atoms with E-state index in [2.05, 4.69) is 10.6 Å². The summed E-state index contributed by atoms with van der Waals surface area (Å²) in [4.78, 5) is 0. The van der Waals surface area contributed by atoms with Crippen LogP contribution in [-0.4, -0.2) is 37.5 Å². The molecule has 3 rings (SSSR count). The van der Waals surface area contributed by atoms with Crippen molar-refractivity contribution in [1.82, 2.24) is 5.32 Å². The van der Waals surface area contributed by atoms with Gasteiger partial charge in [-0.25, -0.2) is 0 Å². The van der Waals surface area contributed by atoms with Crippen molar-refractivity contribution in [3.8, 4) is 11.5 Å². The number of ether oxygens (including phenoxy) is 2. The summed E-state index contributed by atoms with van der Waals surface area (Å²) in [6.07, 6.45) is -0.598. The van der Waals surface area contributed by atoms with Crippen LogP contribution in [0.1, 0.15) is 5.56 Å². The topological polar surface area (TPSA) is 62.8 Å². The molecule has 0 amide bonds. The van der Waals surface area contributed by atoms with Crippen molar-refractivity contribution in [2.75, 3.05) is 31.6 Å². The monoisotopic (exact) mass is 392 g/mol. The van der Waals surface area contributed by atoms with Crippen LogP contribution in [0.3, 0.4) is 0 Å². The Morgan fingerprint density at radius 2 is 1.62 bits per heavy atom. The van der Waals surface area contributed by atoms with Crippen LogP contribution in [0.2, 0.25) is 0 Å². The van der Waals surface area contributed by atoms with Gasteiger partial charge in [-0.1, -0.05) is 42.5 Å². The van der Waals surface area contributed by atoms with Gasteiger partial charge in [0.15, 0.2) is 0 Å². The molecule has 5 nitrogen and oxygen atoms in total. The third kappa shape index (κ3) is 7.14. The van der Waals surface area contributed by atoms with Crippen molar-refractivity contribution in [2.24, 2.45) is 0 Å². The molecule has 3 aromatic carbocycles. The van der Waals surface area contributed by atoms with Crippen molar-refractivity contribution in [2.45, 2.75) is 13.0 Å². The van der Waals surface area contributed by atoms with Crippen LogP contribution >= 0.6 is 0 Å². The van der Waals surface area contributed by atoms with Crippen LogP contribution in [0.5, 0.6) is 11.5 Å². The maximum absolute atomic E-state index is 10.1. The summed E-state index contributed by atoms with van der Waals surface area (Å²) in [6, 6.07) is 25.6. The Kier molecular flexibility index (Phi) is 7.92. The Morgan fingerprint density at radius 1 is 0.862 bits per heavy atom. The smallest absolute Gasteiger partial charge is 0.122 e. The number of rotatable bonds is 11. The molecule has 1 atom stereocenters. The Balaban J connectivity index is 1.34. The SMILES string of the molecule is Cc1ccccc1OCCNCC(O)COc1cccc(Nc2ccccc2)c1. The molecule has 0 aliphatic carbocycles. The highest BCUT2D eigenvalue weighted by Gasteiger charge is 2.06. The summed E-state index contributed by atoms with van der Waals surface area (Å²) in [5.41, 5.74) is 3.07. The van der Waals surface area contributed by atoms with E-state index in [4.69, 9.17) is 9.47 Å². The van der Waals surface area contributed by atoms with Gasteiger partial charge in [-0.05, 0) is 42.8 Å². The molecule has 0 heterocycles. The van der Waals surface area contributed by atoms with Crippen LogP contribution in [0.25, 0.3) is 0 Å². The minimum atomic E-state index is -0.598. The quantitative estimate of drug-likeness (QED) is 0.428. The number of aliphatic hydroxyl groups excluding tert-OH is 1. The van der Waals surface area contributed by atoms with Crippen molar-refractivity contribution in [3.63, 3.8) is 0 Å². The van der Waals surface area contributed by atoms with Crippen LogP contribution in [0.15, 0.2) is 78.9 Å². The second-order valence-corrected chi connectivity index (χ2v) is 6.80. The van der Waals surface area contributed by atoms with Gasteiger partial charge in [0.2, 0.25) is 0 Å². The third-order valence-electron chi connectivity index (χ3n) is 4.35. The molecule has 0 radical (unpaired) electrons.